The second-order valence-corrected chi connectivity index (χ2v) is 5.86. The van der Waals surface area contributed by atoms with Crippen molar-refractivity contribution in [3.8, 4) is 0 Å². The maximum Gasteiger partial charge on any atom is 0.405 e. The average Bonchev–Trinajstić information content (AvgIpc) is 2.36. The predicted molar refractivity (Wildman–Crippen MR) is 81.9 cm³/mol. The highest BCUT2D eigenvalue weighted by atomic mass is 35.5. The molecule has 0 aliphatic rings. The summed E-state index contributed by atoms with van der Waals surface area (Å²) in [6, 6.07) is 5.09. The molecular formula is C15H22ClF3N2. The van der Waals surface area contributed by atoms with E-state index in [1.165, 1.54) is 4.90 Å². The molecule has 0 aliphatic carbocycles. The molecule has 0 aromatic heterocycles. The molecule has 1 aromatic carbocycles. The highest BCUT2D eigenvalue weighted by Crippen LogP contribution is 2.28. The molecule has 0 fully saturated rings. The van der Waals surface area contributed by atoms with E-state index in [9.17, 15) is 13.2 Å². The Kier molecular flexibility index (Phi) is 6.81. The van der Waals surface area contributed by atoms with Crippen molar-refractivity contribution in [2.75, 3.05) is 24.5 Å². The number of hydrogen-bond acceptors (Lipinski definition) is 2. The molecule has 0 amide bonds. The van der Waals surface area contributed by atoms with Gasteiger partial charge in [0.25, 0.3) is 0 Å². The van der Waals surface area contributed by atoms with Gasteiger partial charge >= 0.3 is 6.18 Å². The molecule has 0 spiro atoms. The molecule has 0 bridgehead atoms. The lowest BCUT2D eigenvalue weighted by atomic mass is 10.1. The molecule has 6 heteroatoms. The summed E-state index contributed by atoms with van der Waals surface area (Å²) in [5, 5.41) is 3.69. The lowest BCUT2D eigenvalue weighted by Crippen LogP contribution is -2.35. The monoisotopic (exact) mass is 322 g/mol. The Morgan fingerprint density at radius 2 is 1.95 bits per heavy atom. The zero-order valence-corrected chi connectivity index (χ0v) is 13.4. The Balaban J connectivity index is 2.93. The van der Waals surface area contributed by atoms with Gasteiger partial charge in [-0.2, -0.15) is 13.2 Å². The van der Waals surface area contributed by atoms with Gasteiger partial charge in [-0.1, -0.05) is 31.5 Å². The highest BCUT2D eigenvalue weighted by Gasteiger charge is 2.31. The van der Waals surface area contributed by atoms with Gasteiger partial charge in [-0.15, -0.1) is 0 Å². The van der Waals surface area contributed by atoms with Crippen LogP contribution in [0.4, 0.5) is 18.9 Å². The van der Waals surface area contributed by atoms with Crippen LogP contribution in [0, 0.1) is 5.92 Å². The molecule has 0 saturated carbocycles. The number of hydrogen-bond donors (Lipinski definition) is 1. The van der Waals surface area contributed by atoms with Crippen LogP contribution < -0.4 is 10.2 Å². The first-order valence-corrected chi connectivity index (χ1v) is 7.41. The first kappa shape index (κ1) is 18.1. The maximum absolute atomic E-state index is 12.7. The molecule has 21 heavy (non-hydrogen) atoms. The molecule has 0 atom stereocenters. The minimum atomic E-state index is -4.24. The van der Waals surface area contributed by atoms with Crippen LogP contribution in [0.2, 0.25) is 5.02 Å². The van der Waals surface area contributed by atoms with Gasteiger partial charge in [-0.3, -0.25) is 0 Å². The number of nitrogens with one attached hydrogen (secondary N) is 1. The van der Waals surface area contributed by atoms with Crippen LogP contribution in [0.5, 0.6) is 0 Å². The van der Waals surface area contributed by atoms with Crippen molar-refractivity contribution in [3.05, 3.63) is 28.8 Å². The lowest BCUT2D eigenvalue weighted by Gasteiger charge is -2.27. The summed E-state index contributed by atoms with van der Waals surface area (Å²) < 4.78 is 38.0. The third-order valence-electron chi connectivity index (χ3n) is 3.01. The SMILES string of the molecule is CCN(CC(F)(F)F)c1cc(Cl)ccc1CNCC(C)C. The van der Waals surface area contributed by atoms with Crippen LogP contribution in [-0.2, 0) is 6.54 Å². The van der Waals surface area contributed by atoms with E-state index in [-0.39, 0.29) is 6.54 Å². The normalized spacial score (nSPS) is 12.0. The Labute approximate surface area is 129 Å². The van der Waals surface area contributed by atoms with E-state index in [0.717, 1.165) is 12.1 Å². The summed E-state index contributed by atoms with van der Waals surface area (Å²) in [4.78, 5) is 1.30. The van der Waals surface area contributed by atoms with E-state index in [1.807, 2.05) is 0 Å². The molecule has 0 radical (unpaired) electrons. The van der Waals surface area contributed by atoms with Gasteiger partial charge < -0.3 is 10.2 Å². The van der Waals surface area contributed by atoms with Crippen LogP contribution in [0.1, 0.15) is 26.3 Å². The van der Waals surface area contributed by atoms with Crippen molar-refractivity contribution in [2.45, 2.75) is 33.5 Å². The number of nitrogens with zero attached hydrogens (tertiary/aromatic N) is 1. The van der Waals surface area contributed by atoms with E-state index < -0.39 is 12.7 Å². The Morgan fingerprint density at radius 3 is 2.48 bits per heavy atom. The maximum atomic E-state index is 12.7. The fourth-order valence-corrected chi connectivity index (χ4v) is 2.23. The Bertz CT molecular complexity index is 447. The second kappa shape index (κ2) is 7.90. The Hall–Kier alpha value is -0.940. The van der Waals surface area contributed by atoms with Crippen LogP contribution in [0.15, 0.2) is 18.2 Å². The van der Waals surface area contributed by atoms with E-state index in [0.29, 0.717) is 23.2 Å². The highest BCUT2D eigenvalue weighted by molar-refractivity contribution is 6.30. The molecule has 2 nitrogen and oxygen atoms in total. The standard InChI is InChI=1S/C15H22ClF3N2/c1-4-21(10-15(17,18)19)14-7-13(16)6-5-12(14)9-20-8-11(2)3/h5-7,11,20H,4,8-10H2,1-3H3. The molecule has 1 N–H and O–H groups in total. The van der Waals surface area contributed by atoms with Gasteiger partial charge in [-0.25, -0.2) is 0 Å². The van der Waals surface area contributed by atoms with Gasteiger partial charge in [0.1, 0.15) is 6.54 Å². The van der Waals surface area contributed by atoms with Crippen molar-refractivity contribution in [2.24, 2.45) is 5.92 Å². The lowest BCUT2D eigenvalue weighted by molar-refractivity contribution is -0.119. The fourth-order valence-electron chi connectivity index (χ4n) is 2.06. The molecule has 120 valence electrons. The topological polar surface area (TPSA) is 15.3 Å². The second-order valence-electron chi connectivity index (χ2n) is 5.43. The van der Waals surface area contributed by atoms with Crippen molar-refractivity contribution < 1.29 is 13.2 Å². The van der Waals surface area contributed by atoms with E-state index in [1.54, 1.807) is 25.1 Å². The van der Waals surface area contributed by atoms with Crippen molar-refractivity contribution in [1.29, 1.82) is 0 Å². The van der Waals surface area contributed by atoms with Crippen molar-refractivity contribution >= 4 is 17.3 Å². The van der Waals surface area contributed by atoms with Crippen LogP contribution >= 0.6 is 11.6 Å². The summed E-state index contributed by atoms with van der Waals surface area (Å²) in [6.07, 6.45) is -4.24. The van der Waals surface area contributed by atoms with Gasteiger partial charge in [0.2, 0.25) is 0 Å². The predicted octanol–water partition coefficient (Wildman–Crippen LogP) is 4.47. The number of rotatable bonds is 7. The first-order valence-electron chi connectivity index (χ1n) is 7.03. The third kappa shape index (κ3) is 6.57. The molecule has 0 unspecified atom stereocenters. The van der Waals surface area contributed by atoms with Crippen LogP contribution in [0.25, 0.3) is 0 Å². The molecule has 0 heterocycles. The van der Waals surface area contributed by atoms with Gasteiger partial charge in [-0.05, 0) is 37.1 Å². The van der Waals surface area contributed by atoms with Crippen molar-refractivity contribution in [1.82, 2.24) is 5.32 Å². The molecule has 1 rings (SSSR count). The number of anilines is 1. The smallest absolute Gasteiger partial charge is 0.363 e. The third-order valence-corrected chi connectivity index (χ3v) is 3.24. The molecule has 1 aromatic rings. The summed E-state index contributed by atoms with van der Waals surface area (Å²) in [5.41, 5.74) is 1.37. The number of benzene rings is 1. The van der Waals surface area contributed by atoms with E-state index >= 15 is 0 Å². The van der Waals surface area contributed by atoms with E-state index in [4.69, 9.17) is 11.6 Å². The summed E-state index contributed by atoms with van der Waals surface area (Å²) in [7, 11) is 0. The summed E-state index contributed by atoms with van der Waals surface area (Å²) in [6.45, 7) is 6.51. The molecule has 0 aliphatic heterocycles. The quantitative estimate of drug-likeness (QED) is 0.796. The fraction of sp³-hybridized carbons (Fsp3) is 0.600. The average molecular weight is 323 g/mol. The largest absolute Gasteiger partial charge is 0.405 e. The minimum Gasteiger partial charge on any atom is -0.363 e. The number of alkyl halides is 3. The van der Waals surface area contributed by atoms with Crippen LogP contribution in [0.3, 0.4) is 0 Å². The van der Waals surface area contributed by atoms with Gasteiger partial charge in [0.15, 0.2) is 0 Å². The van der Waals surface area contributed by atoms with Gasteiger partial charge in [0, 0.05) is 23.8 Å². The summed E-state index contributed by atoms with van der Waals surface area (Å²) in [5.74, 6) is 0.484. The van der Waals surface area contributed by atoms with Gasteiger partial charge in [0.05, 0.1) is 0 Å². The van der Waals surface area contributed by atoms with E-state index in [2.05, 4.69) is 19.2 Å². The van der Waals surface area contributed by atoms with Crippen molar-refractivity contribution in [3.63, 3.8) is 0 Å². The minimum absolute atomic E-state index is 0.275. The van der Waals surface area contributed by atoms with Crippen LogP contribution in [-0.4, -0.2) is 25.8 Å². The summed E-state index contributed by atoms with van der Waals surface area (Å²) >= 11 is 5.95. The zero-order chi connectivity index (χ0) is 16.0. The Morgan fingerprint density at radius 1 is 1.29 bits per heavy atom. The molecular weight excluding hydrogens is 301 g/mol. The number of halogens is 4. The first-order chi connectivity index (χ1) is 9.73. The zero-order valence-electron chi connectivity index (χ0n) is 12.6. The molecule has 0 saturated heterocycles.